The minimum atomic E-state index is -0.123. The van der Waals surface area contributed by atoms with Crippen molar-refractivity contribution >= 4 is 28.9 Å². The van der Waals surface area contributed by atoms with Crippen LogP contribution in [-0.4, -0.2) is 51.1 Å². The average molecular weight is 515 g/mol. The summed E-state index contributed by atoms with van der Waals surface area (Å²) in [5.74, 6) is 0.670. The van der Waals surface area contributed by atoms with Crippen molar-refractivity contribution in [2.45, 2.75) is 39.2 Å². The number of hydrogen-bond acceptors (Lipinski definition) is 5. The molecule has 0 radical (unpaired) electrons. The van der Waals surface area contributed by atoms with Gasteiger partial charge in [-0.05, 0) is 55.7 Å². The van der Waals surface area contributed by atoms with Crippen molar-refractivity contribution in [3.05, 3.63) is 83.9 Å². The number of anilines is 3. The Kier molecular flexibility index (Phi) is 9.25. The number of para-hydroxylation sites is 2. The number of nitrogens with zero attached hydrogens (tertiary/aromatic N) is 2. The number of amides is 2. The zero-order valence-corrected chi connectivity index (χ0v) is 22.6. The fourth-order valence-corrected chi connectivity index (χ4v) is 4.68. The third-order valence-electron chi connectivity index (χ3n) is 7.04. The number of methoxy groups -OCH3 is 1. The fraction of sp³-hybridized carbons (Fsp3) is 0.355. The predicted octanol–water partition coefficient (Wildman–Crippen LogP) is 5.12. The molecule has 1 aliphatic rings. The van der Waals surface area contributed by atoms with Gasteiger partial charge in [0.2, 0.25) is 5.91 Å². The van der Waals surface area contributed by atoms with Gasteiger partial charge >= 0.3 is 0 Å². The number of aryl methyl sites for hydroxylation is 1. The summed E-state index contributed by atoms with van der Waals surface area (Å²) in [5.41, 5.74) is 4.30. The van der Waals surface area contributed by atoms with Crippen molar-refractivity contribution in [1.82, 2.24) is 5.32 Å². The maximum atomic E-state index is 13.3. The first kappa shape index (κ1) is 27.0. The molecule has 0 spiro atoms. The summed E-state index contributed by atoms with van der Waals surface area (Å²) in [6.45, 7) is 7.20. The lowest BCUT2D eigenvalue weighted by molar-refractivity contribution is -0.116. The van der Waals surface area contributed by atoms with E-state index in [4.69, 9.17) is 4.74 Å². The fourth-order valence-electron chi connectivity index (χ4n) is 4.68. The summed E-state index contributed by atoms with van der Waals surface area (Å²) in [6.07, 6.45) is 1.89. The van der Waals surface area contributed by atoms with E-state index in [1.54, 1.807) is 13.2 Å². The van der Waals surface area contributed by atoms with Crippen LogP contribution in [0, 0.1) is 0 Å². The summed E-state index contributed by atoms with van der Waals surface area (Å²) >= 11 is 0. The zero-order valence-electron chi connectivity index (χ0n) is 22.6. The van der Waals surface area contributed by atoms with E-state index in [9.17, 15) is 9.59 Å². The highest BCUT2D eigenvalue weighted by atomic mass is 16.5. The number of piperazine rings is 1. The van der Waals surface area contributed by atoms with E-state index in [2.05, 4.69) is 26.5 Å². The Morgan fingerprint density at radius 1 is 0.895 bits per heavy atom. The molecule has 1 aliphatic heterocycles. The Labute approximate surface area is 225 Å². The summed E-state index contributed by atoms with van der Waals surface area (Å²) in [4.78, 5) is 30.5. The van der Waals surface area contributed by atoms with E-state index >= 15 is 0 Å². The van der Waals surface area contributed by atoms with Crippen LogP contribution in [-0.2, 0) is 11.2 Å². The Hall–Kier alpha value is -4.00. The van der Waals surface area contributed by atoms with Gasteiger partial charge in [0, 0.05) is 50.0 Å². The maximum Gasteiger partial charge on any atom is 0.253 e. The second kappa shape index (κ2) is 13.0. The van der Waals surface area contributed by atoms with Crippen LogP contribution in [0.15, 0.2) is 72.8 Å². The lowest BCUT2D eigenvalue weighted by Crippen LogP contribution is -2.47. The third-order valence-corrected chi connectivity index (χ3v) is 7.04. The molecular formula is C31H38N4O3. The predicted molar refractivity (Wildman–Crippen MR) is 154 cm³/mol. The Morgan fingerprint density at radius 2 is 1.55 bits per heavy atom. The highest BCUT2D eigenvalue weighted by Crippen LogP contribution is 2.31. The third kappa shape index (κ3) is 6.85. The van der Waals surface area contributed by atoms with E-state index in [1.165, 1.54) is 0 Å². The van der Waals surface area contributed by atoms with E-state index in [-0.39, 0.29) is 17.9 Å². The highest BCUT2D eigenvalue weighted by Gasteiger charge is 2.24. The van der Waals surface area contributed by atoms with Crippen LogP contribution in [0.25, 0.3) is 0 Å². The highest BCUT2D eigenvalue weighted by molar-refractivity contribution is 6.02. The van der Waals surface area contributed by atoms with Crippen molar-refractivity contribution in [3.63, 3.8) is 0 Å². The molecule has 38 heavy (non-hydrogen) atoms. The minimum absolute atomic E-state index is 0.0573. The summed E-state index contributed by atoms with van der Waals surface area (Å²) < 4.78 is 5.55. The second-order valence-electron chi connectivity index (χ2n) is 9.69. The lowest BCUT2D eigenvalue weighted by Gasteiger charge is -2.38. The molecule has 0 bridgehead atoms. The van der Waals surface area contributed by atoms with Crippen molar-refractivity contribution in [2.24, 2.45) is 0 Å². The van der Waals surface area contributed by atoms with Crippen LogP contribution in [0.2, 0.25) is 0 Å². The normalized spacial score (nSPS) is 14.1. The van der Waals surface area contributed by atoms with Crippen LogP contribution >= 0.6 is 0 Å². The Bertz CT molecular complexity index is 1220. The standard InChI is InChI=1S/C31H38N4O3/c1-4-23(2)32-31(37)26-22-25(33-30(36)17-14-24-10-6-5-7-11-24)15-16-27(26)34-18-20-35(21-19-34)28-12-8-9-13-29(28)38-3/h5-13,15-16,22-23H,4,14,17-21H2,1-3H3,(H,32,37)(H,33,36). The largest absolute Gasteiger partial charge is 0.495 e. The Balaban J connectivity index is 1.48. The van der Waals surface area contributed by atoms with Crippen molar-refractivity contribution in [3.8, 4) is 5.75 Å². The van der Waals surface area contributed by atoms with Gasteiger partial charge in [0.05, 0.1) is 18.4 Å². The molecule has 1 heterocycles. The molecule has 1 saturated heterocycles. The van der Waals surface area contributed by atoms with E-state index in [0.717, 1.165) is 55.3 Å². The van der Waals surface area contributed by atoms with Crippen LogP contribution in [0.1, 0.15) is 42.6 Å². The van der Waals surface area contributed by atoms with E-state index in [1.807, 2.05) is 74.5 Å². The van der Waals surface area contributed by atoms with Gasteiger partial charge in [-0.2, -0.15) is 0 Å². The molecule has 0 saturated carbocycles. The van der Waals surface area contributed by atoms with Gasteiger partial charge in [-0.1, -0.05) is 49.4 Å². The zero-order chi connectivity index (χ0) is 26.9. The minimum Gasteiger partial charge on any atom is -0.495 e. The first-order chi connectivity index (χ1) is 18.5. The van der Waals surface area contributed by atoms with Crippen molar-refractivity contribution < 1.29 is 14.3 Å². The van der Waals surface area contributed by atoms with Gasteiger partial charge < -0.3 is 25.2 Å². The molecule has 0 aliphatic carbocycles. The SMILES string of the molecule is CCC(C)NC(=O)c1cc(NC(=O)CCc2ccccc2)ccc1N1CCN(c2ccccc2OC)CC1. The van der Waals surface area contributed by atoms with Gasteiger partial charge in [-0.3, -0.25) is 9.59 Å². The first-order valence-corrected chi connectivity index (χ1v) is 13.4. The molecule has 7 nitrogen and oxygen atoms in total. The molecule has 1 fully saturated rings. The number of ether oxygens (including phenoxy) is 1. The molecule has 1 unspecified atom stereocenters. The topological polar surface area (TPSA) is 73.9 Å². The first-order valence-electron chi connectivity index (χ1n) is 13.4. The number of carbonyl (C=O) groups is 2. The summed E-state index contributed by atoms with van der Waals surface area (Å²) in [7, 11) is 1.69. The van der Waals surface area contributed by atoms with Gasteiger partial charge in [0.25, 0.3) is 5.91 Å². The molecule has 7 heteroatoms. The van der Waals surface area contributed by atoms with Gasteiger partial charge in [-0.15, -0.1) is 0 Å². The number of carbonyl (C=O) groups excluding carboxylic acids is 2. The summed E-state index contributed by atoms with van der Waals surface area (Å²) in [6, 6.07) is 23.7. The molecule has 1 atom stereocenters. The quantitative estimate of drug-likeness (QED) is 0.393. The van der Waals surface area contributed by atoms with Gasteiger partial charge in [0.15, 0.2) is 0 Å². The smallest absolute Gasteiger partial charge is 0.253 e. The molecule has 3 aromatic carbocycles. The average Bonchev–Trinajstić information content (AvgIpc) is 2.96. The molecule has 3 aromatic rings. The number of benzene rings is 3. The number of hydrogen-bond donors (Lipinski definition) is 2. The van der Waals surface area contributed by atoms with Crippen LogP contribution < -0.4 is 25.2 Å². The molecule has 2 amide bonds. The van der Waals surface area contributed by atoms with Crippen molar-refractivity contribution in [1.29, 1.82) is 0 Å². The van der Waals surface area contributed by atoms with Gasteiger partial charge in [-0.25, -0.2) is 0 Å². The number of rotatable bonds is 10. The van der Waals surface area contributed by atoms with Crippen LogP contribution in [0.4, 0.5) is 17.1 Å². The second-order valence-corrected chi connectivity index (χ2v) is 9.69. The maximum absolute atomic E-state index is 13.3. The molecule has 200 valence electrons. The molecule has 4 rings (SSSR count). The molecule has 2 N–H and O–H groups in total. The summed E-state index contributed by atoms with van der Waals surface area (Å²) in [5, 5.41) is 6.08. The lowest BCUT2D eigenvalue weighted by atomic mass is 10.1. The van der Waals surface area contributed by atoms with Crippen LogP contribution in [0.5, 0.6) is 5.75 Å². The number of nitrogens with one attached hydrogen (secondary N) is 2. The van der Waals surface area contributed by atoms with E-state index < -0.39 is 0 Å². The van der Waals surface area contributed by atoms with E-state index in [0.29, 0.717) is 24.1 Å². The molecule has 0 aromatic heterocycles. The monoisotopic (exact) mass is 514 g/mol. The van der Waals surface area contributed by atoms with Crippen LogP contribution in [0.3, 0.4) is 0 Å². The van der Waals surface area contributed by atoms with Crippen molar-refractivity contribution in [2.75, 3.05) is 48.4 Å². The molecular weight excluding hydrogens is 476 g/mol. The Morgan fingerprint density at radius 3 is 2.24 bits per heavy atom. The van der Waals surface area contributed by atoms with Gasteiger partial charge in [0.1, 0.15) is 5.75 Å².